The van der Waals surface area contributed by atoms with Gasteiger partial charge in [-0.3, -0.25) is 4.79 Å². The van der Waals surface area contributed by atoms with Crippen LogP contribution >= 0.6 is 0 Å². The molecule has 2 heterocycles. The number of benzene rings is 2. The highest BCUT2D eigenvalue weighted by Crippen LogP contribution is 2.37. The van der Waals surface area contributed by atoms with Crippen LogP contribution in [-0.4, -0.2) is 36.6 Å². The first-order valence-electron chi connectivity index (χ1n) is 9.08. The molecule has 1 aliphatic heterocycles. The van der Waals surface area contributed by atoms with E-state index in [1.165, 1.54) is 17.9 Å². The van der Waals surface area contributed by atoms with Gasteiger partial charge in [0.15, 0.2) is 23.0 Å². The molecule has 0 bridgehead atoms. The maximum Gasteiger partial charge on any atom is 0.357 e. The van der Waals surface area contributed by atoms with Gasteiger partial charge in [0.1, 0.15) is 19.3 Å². The molecular weight excluding hydrogens is 386 g/mol. The zero-order valence-corrected chi connectivity index (χ0v) is 16.0. The number of nitrogen functional groups attached to an aromatic ring is 1. The molecule has 0 aliphatic carbocycles. The molecule has 0 unspecified atom stereocenters. The zero-order chi connectivity index (χ0) is 21.3. The van der Waals surface area contributed by atoms with Crippen LogP contribution in [0, 0.1) is 11.3 Å². The number of nitrogens with two attached hydrogens (primary N) is 1. The Bertz CT molecular complexity index is 1190. The van der Waals surface area contributed by atoms with Gasteiger partial charge in [0.05, 0.1) is 29.6 Å². The number of aromatic nitrogens is 1. The minimum absolute atomic E-state index is 0.0302. The molecule has 0 saturated heterocycles. The van der Waals surface area contributed by atoms with Gasteiger partial charge in [-0.2, -0.15) is 5.26 Å². The number of hydrogen-bond acceptors (Lipinski definition) is 7. The van der Waals surface area contributed by atoms with Gasteiger partial charge < -0.3 is 24.5 Å². The molecule has 3 aromatic rings. The predicted octanol–water partition coefficient (Wildman–Crippen LogP) is 2.72. The largest absolute Gasteiger partial charge is 0.486 e. The topological polar surface area (TPSA) is 117 Å². The third-order valence-corrected chi connectivity index (χ3v) is 4.74. The summed E-state index contributed by atoms with van der Waals surface area (Å²) in [5.74, 6) is -0.182. The monoisotopic (exact) mass is 403 g/mol. The van der Waals surface area contributed by atoms with Crippen molar-refractivity contribution in [1.82, 2.24) is 4.57 Å². The second-order valence-electron chi connectivity index (χ2n) is 6.49. The smallest absolute Gasteiger partial charge is 0.357 e. The van der Waals surface area contributed by atoms with E-state index >= 15 is 0 Å². The number of carbonyl (C=O) groups excluding carboxylic acids is 2. The Labute approximate surface area is 172 Å². The van der Waals surface area contributed by atoms with E-state index in [4.69, 9.17) is 19.9 Å². The molecule has 2 aromatic carbocycles. The number of hydrogen-bond donors (Lipinski definition) is 1. The van der Waals surface area contributed by atoms with Gasteiger partial charge in [-0.05, 0) is 6.07 Å². The normalized spacial score (nSPS) is 12.1. The maximum absolute atomic E-state index is 13.3. The molecular formula is C22H17N3O5. The van der Waals surface area contributed by atoms with Gasteiger partial charge in [-0.25, -0.2) is 4.79 Å². The number of fused-ring (bicyclic) bond motifs is 1. The van der Waals surface area contributed by atoms with Crippen molar-refractivity contribution in [1.29, 1.82) is 5.26 Å². The average Bonchev–Trinajstić information content (AvgIpc) is 3.13. The fourth-order valence-electron chi connectivity index (χ4n) is 3.31. The van der Waals surface area contributed by atoms with Crippen LogP contribution in [0.5, 0.6) is 11.5 Å². The fourth-order valence-corrected chi connectivity index (χ4v) is 3.31. The second-order valence-corrected chi connectivity index (χ2v) is 6.49. The Morgan fingerprint density at radius 2 is 1.80 bits per heavy atom. The highest BCUT2D eigenvalue weighted by atomic mass is 16.6. The number of ether oxygens (including phenoxy) is 3. The van der Waals surface area contributed by atoms with E-state index < -0.39 is 5.97 Å². The van der Waals surface area contributed by atoms with Crippen molar-refractivity contribution in [3.8, 4) is 23.3 Å². The predicted molar refractivity (Wildman–Crippen MR) is 107 cm³/mol. The lowest BCUT2D eigenvalue weighted by Gasteiger charge is -2.22. The lowest BCUT2D eigenvalue weighted by Crippen LogP contribution is -2.18. The molecule has 30 heavy (non-hydrogen) atoms. The molecule has 150 valence electrons. The molecule has 8 heteroatoms. The Balaban J connectivity index is 1.99. The van der Waals surface area contributed by atoms with Gasteiger partial charge >= 0.3 is 5.97 Å². The summed E-state index contributed by atoms with van der Waals surface area (Å²) < 4.78 is 17.5. The van der Waals surface area contributed by atoms with Crippen LogP contribution in [0.3, 0.4) is 0 Å². The number of rotatable bonds is 4. The van der Waals surface area contributed by atoms with Crippen molar-refractivity contribution >= 4 is 17.4 Å². The van der Waals surface area contributed by atoms with Crippen LogP contribution in [0.2, 0.25) is 0 Å². The summed E-state index contributed by atoms with van der Waals surface area (Å²) in [5, 5.41) is 9.40. The van der Waals surface area contributed by atoms with Crippen LogP contribution in [0.1, 0.15) is 32.0 Å². The number of esters is 1. The fraction of sp³-hybridized carbons (Fsp3) is 0.136. The maximum atomic E-state index is 13.3. The third-order valence-electron chi connectivity index (χ3n) is 4.74. The Kier molecular flexibility index (Phi) is 4.86. The van der Waals surface area contributed by atoms with Crippen LogP contribution in [0.25, 0.3) is 5.69 Å². The number of carbonyl (C=O) groups is 2. The van der Waals surface area contributed by atoms with Gasteiger partial charge in [0.25, 0.3) is 0 Å². The van der Waals surface area contributed by atoms with E-state index in [0.29, 0.717) is 36.0 Å². The third kappa shape index (κ3) is 3.12. The van der Waals surface area contributed by atoms with Crippen LogP contribution in [0.4, 0.5) is 5.69 Å². The molecule has 4 rings (SSSR count). The van der Waals surface area contributed by atoms with Gasteiger partial charge in [-0.1, -0.05) is 30.3 Å². The van der Waals surface area contributed by atoms with Crippen molar-refractivity contribution < 1.29 is 23.8 Å². The Morgan fingerprint density at radius 3 is 2.43 bits per heavy atom. The van der Waals surface area contributed by atoms with Crippen molar-refractivity contribution in [2.75, 3.05) is 26.1 Å². The molecule has 1 aromatic heterocycles. The van der Waals surface area contributed by atoms with E-state index in [0.717, 1.165) is 0 Å². The average molecular weight is 403 g/mol. The summed E-state index contributed by atoms with van der Waals surface area (Å²) >= 11 is 0. The summed E-state index contributed by atoms with van der Waals surface area (Å²) in [5.41, 5.74) is 7.06. The van der Waals surface area contributed by atoms with E-state index in [9.17, 15) is 14.9 Å². The summed E-state index contributed by atoms with van der Waals surface area (Å²) in [6.45, 7) is 0.702. The van der Waals surface area contributed by atoms with Crippen LogP contribution < -0.4 is 15.2 Å². The number of nitrogens with zero attached hydrogens (tertiary/aromatic N) is 2. The Morgan fingerprint density at radius 1 is 1.13 bits per heavy atom. The first kappa shape index (κ1) is 19.1. The summed E-state index contributed by atoms with van der Waals surface area (Å²) in [4.78, 5) is 25.7. The summed E-state index contributed by atoms with van der Waals surface area (Å²) in [7, 11) is 1.21. The van der Waals surface area contributed by atoms with E-state index in [1.54, 1.807) is 36.4 Å². The van der Waals surface area contributed by atoms with Crippen LogP contribution in [0.15, 0.2) is 48.7 Å². The van der Waals surface area contributed by atoms with Gasteiger partial charge in [0.2, 0.25) is 0 Å². The van der Waals surface area contributed by atoms with Crippen molar-refractivity contribution in [3.05, 3.63) is 71.0 Å². The molecule has 8 nitrogen and oxygen atoms in total. The van der Waals surface area contributed by atoms with E-state index in [2.05, 4.69) is 0 Å². The molecule has 0 radical (unpaired) electrons. The molecule has 0 atom stereocenters. The lowest BCUT2D eigenvalue weighted by molar-refractivity contribution is 0.0592. The minimum atomic E-state index is -0.734. The quantitative estimate of drug-likeness (QED) is 0.526. The number of ketones is 1. The van der Waals surface area contributed by atoms with Crippen molar-refractivity contribution in [2.24, 2.45) is 0 Å². The summed E-state index contributed by atoms with van der Waals surface area (Å²) in [6.07, 6.45) is 1.40. The first-order valence-corrected chi connectivity index (χ1v) is 9.08. The van der Waals surface area contributed by atoms with Crippen molar-refractivity contribution in [3.63, 3.8) is 0 Å². The summed E-state index contributed by atoms with van der Waals surface area (Å²) in [6, 6.07) is 13.8. The number of anilines is 1. The van der Waals surface area contributed by atoms with Gasteiger partial charge in [0, 0.05) is 17.8 Å². The molecule has 2 N–H and O–H groups in total. The standard InChI is InChI=1S/C22H17N3O5/c1-28-22(27)20-19(24)14(11-23)12-25(20)16-10-18-17(29-7-8-30-18)9-15(16)21(26)13-5-3-2-4-6-13/h2-6,9-10,12H,7-8,24H2,1H3. The van der Waals surface area contributed by atoms with E-state index in [-0.39, 0.29) is 28.3 Å². The number of methoxy groups -OCH3 is 1. The first-order chi connectivity index (χ1) is 14.5. The lowest BCUT2D eigenvalue weighted by atomic mass is 10.0. The SMILES string of the molecule is COC(=O)c1c(N)c(C#N)cn1-c1cc2c(cc1C(=O)c1ccccc1)OCCO2. The van der Waals surface area contributed by atoms with Crippen molar-refractivity contribution in [2.45, 2.75) is 0 Å². The zero-order valence-electron chi connectivity index (χ0n) is 16.0. The highest BCUT2D eigenvalue weighted by Gasteiger charge is 2.27. The van der Waals surface area contributed by atoms with Gasteiger partial charge in [-0.15, -0.1) is 0 Å². The Hall–Kier alpha value is -4.25. The second kappa shape index (κ2) is 7.64. The molecule has 0 fully saturated rings. The van der Waals surface area contributed by atoms with Crippen LogP contribution in [-0.2, 0) is 4.74 Å². The molecule has 0 amide bonds. The number of nitriles is 1. The van der Waals surface area contributed by atoms with E-state index in [1.807, 2.05) is 12.1 Å². The minimum Gasteiger partial charge on any atom is -0.486 e. The highest BCUT2D eigenvalue weighted by molar-refractivity contribution is 6.12. The molecule has 0 spiro atoms. The molecule has 1 aliphatic rings. The molecule has 0 saturated carbocycles.